The Hall–Kier alpha value is -2.12. The van der Waals surface area contributed by atoms with Crippen LogP contribution in [0.3, 0.4) is 0 Å². The maximum Gasteiger partial charge on any atom is 0.203 e. The molecule has 4 heterocycles. The number of aromatic nitrogens is 4. The van der Waals surface area contributed by atoms with Crippen molar-refractivity contribution in [1.82, 2.24) is 20.6 Å². The van der Waals surface area contributed by atoms with Gasteiger partial charge in [0.05, 0.1) is 0 Å². The molecule has 0 atom stereocenters. The topological polar surface area (TPSA) is 84.3 Å². The van der Waals surface area contributed by atoms with E-state index in [1.54, 1.807) is 0 Å². The molecular weight excluding hydrogens is 260 g/mol. The van der Waals surface area contributed by atoms with Gasteiger partial charge in [0.2, 0.25) is 11.6 Å². The highest BCUT2D eigenvalue weighted by Crippen LogP contribution is 2.34. The summed E-state index contributed by atoms with van der Waals surface area (Å²) in [6.45, 7) is 3.91. The first kappa shape index (κ1) is 11.7. The third-order valence-electron chi connectivity index (χ3n) is 3.98. The van der Waals surface area contributed by atoms with Crippen molar-refractivity contribution < 1.29 is 9.26 Å². The molecule has 2 aromatic rings. The van der Waals surface area contributed by atoms with Gasteiger partial charge in [0, 0.05) is 26.2 Å². The van der Waals surface area contributed by atoms with Gasteiger partial charge in [-0.05, 0) is 46.3 Å². The Morgan fingerprint density at radius 1 is 0.600 bits per heavy atom. The number of nitrogens with zero attached hydrogens (tertiary/aromatic N) is 6. The smallest absolute Gasteiger partial charge is 0.203 e. The van der Waals surface area contributed by atoms with Gasteiger partial charge in [-0.25, -0.2) is 9.26 Å². The SMILES string of the molecule is C1CCN(c2nonc2-c2nonc2N2CCCC2)C1. The van der Waals surface area contributed by atoms with Gasteiger partial charge < -0.3 is 9.80 Å². The summed E-state index contributed by atoms with van der Waals surface area (Å²) in [5.41, 5.74) is 1.27. The Morgan fingerprint density at radius 2 is 1.00 bits per heavy atom. The lowest BCUT2D eigenvalue weighted by Crippen LogP contribution is -2.20. The van der Waals surface area contributed by atoms with Crippen molar-refractivity contribution in [2.75, 3.05) is 36.0 Å². The van der Waals surface area contributed by atoms with Gasteiger partial charge in [-0.1, -0.05) is 0 Å². The van der Waals surface area contributed by atoms with Gasteiger partial charge in [0.1, 0.15) is 0 Å². The molecule has 2 aliphatic rings. The van der Waals surface area contributed by atoms with E-state index in [-0.39, 0.29) is 0 Å². The molecule has 106 valence electrons. The molecular formula is C12H16N6O2. The minimum Gasteiger partial charge on any atom is -0.352 e. The van der Waals surface area contributed by atoms with Crippen LogP contribution in [0.2, 0.25) is 0 Å². The largest absolute Gasteiger partial charge is 0.352 e. The molecule has 20 heavy (non-hydrogen) atoms. The van der Waals surface area contributed by atoms with Crippen molar-refractivity contribution in [3.05, 3.63) is 0 Å². The molecule has 0 saturated carbocycles. The molecule has 2 aliphatic heterocycles. The maximum atomic E-state index is 4.93. The van der Waals surface area contributed by atoms with Gasteiger partial charge in [-0.3, -0.25) is 0 Å². The first-order chi connectivity index (χ1) is 9.93. The van der Waals surface area contributed by atoms with Crippen LogP contribution in [0.25, 0.3) is 11.4 Å². The Balaban J connectivity index is 1.71. The van der Waals surface area contributed by atoms with Crippen LogP contribution in [0.1, 0.15) is 25.7 Å². The predicted octanol–water partition coefficient (Wildman–Crippen LogP) is 1.32. The molecule has 0 unspecified atom stereocenters. The molecule has 2 aromatic heterocycles. The molecule has 8 nitrogen and oxygen atoms in total. The Labute approximate surface area is 115 Å². The summed E-state index contributed by atoms with van der Waals surface area (Å²) >= 11 is 0. The van der Waals surface area contributed by atoms with Crippen molar-refractivity contribution >= 4 is 11.6 Å². The fraction of sp³-hybridized carbons (Fsp3) is 0.667. The first-order valence-corrected chi connectivity index (χ1v) is 7.09. The van der Waals surface area contributed by atoms with E-state index in [1.807, 2.05) is 0 Å². The van der Waals surface area contributed by atoms with Crippen LogP contribution in [0.4, 0.5) is 11.6 Å². The Bertz CT molecular complexity index is 530. The molecule has 0 radical (unpaired) electrons. The van der Waals surface area contributed by atoms with E-state index >= 15 is 0 Å². The van der Waals surface area contributed by atoms with E-state index < -0.39 is 0 Å². The molecule has 0 N–H and O–H groups in total. The molecule has 2 saturated heterocycles. The average Bonchev–Trinajstić information content (AvgIpc) is 3.23. The van der Waals surface area contributed by atoms with Gasteiger partial charge in [-0.15, -0.1) is 0 Å². The summed E-state index contributed by atoms with van der Waals surface area (Å²) in [7, 11) is 0. The van der Waals surface area contributed by atoms with E-state index in [4.69, 9.17) is 9.26 Å². The summed E-state index contributed by atoms with van der Waals surface area (Å²) in [5, 5.41) is 16.1. The number of anilines is 2. The first-order valence-electron chi connectivity index (χ1n) is 7.09. The Kier molecular flexibility index (Phi) is 2.79. The highest BCUT2D eigenvalue weighted by molar-refractivity contribution is 5.77. The normalized spacial score (nSPS) is 19.2. The molecule has 2 fully saturated rings. The minimum atomic E-state index is 0.634. The monoisotopic (exact) mass is 276 g/mol. The Morgan fingerprint density at radius 3 is 1.40 bits per heavy atom. The second-order valence-electron chi connectivity index (χ2n) is 5.26. The number of hydrogen-bond donors (Lipinski definition) is 0. The zero-order valence-electron chi connectivity index (χ0n) is 11.2. The molecule has 0 aliphatic carbocycles. The zero-order chi connectivity index (χ0) is 13.4. The fourth-order valence-corrected chi connectivity index (χ4v) is 2.94. The zero-order valence-corrected chi connectivity index (χ0v) is 11.2. The summed E-state index contributed by atoms with van der Waals surface area (Å²) in [6, 6.07) is 0. The molecule has 0 bridgehead atoms. The maximum absolute atomic E-state index is 4.93. The van der Waals surface area contributed by atoms with Crippen LogP contribution in [0, 0.1) is 0 Å². The van der Waals surface area contributed by atoms with E-state index in [0.29, 0.717) is 11.4 Å². The highest BCUT2D eigenvalue weighted by Gasteiger charge is 2.29. The fourth-order valence-electron chi connectivity index (χ4n) is 2.94. The van der Waals surface area contributed by atoms with Crippen LogP contribution in [0.5, 0.6) is 0 Å². The van der Waals surface area contributed by atoms with Gasteiger partial charge >= 0.3 is 0 Å². The highest BCUT2D eigenvalue weighted by atomic mass is 16.6. The third-order valence-corrected chi connectivity index (χ3v) is 3.98. The summed E-state index contributed by atoms with van der Waals surface area (Å²) < 4.78 is 9.86. The van der Waals surface area contributed by atoms with E-state index in [2.05, 4.69) is 30.4 Å². The van der Waals surface area contributed by atoms with E-state index in [9.17, 15) is 0 Å². The summed E-state index contributed by atoms with van der Waals surface area (Å²) in [5.74, 6) is 1.50. The van der Waals surface area contributed by atoms with Crippen molar-refractivity contribution in [1.29, 1.82) is 0 Å². The third kappa shape index (κ3) is 1.83. The number of hydrogen-bond acceptors (Lipinski definition) is 8. The van der Waals surface area contributed by atoms with E-state index in [0.717, 1.165) is 37.8 Å². The second-order valence-corrected chi connectivity index (χ2v) is 5.26. The molecule has 0 spiro atoms. The second kappa shape index (κ2) is 4.77. The van der Waals surface area contributed by atoms with Crippen LogP contribution in [-0.4, -0.2) is 46.8 Å². The van der Waals surface area contributed by atoms with E-state index in [1.165, 1.54) is 25.7 Å². The van der Waals surface area contributed by atoms with Crippen molar-refractivity contribution in [3.63, 3.8) is 0 Å². The van der Waals surface area contributed by atoms with Crippen molar-refractivity contribution in [3.8, 4) is 11.4 Å². The quantitative estimate of drug-likeness (QED) is 0.829. The average molecular weight is 276 g/mol. The number of rotatable bonds is 3. The lowest BCUT2D eigenvalue weighted by atomic mass is 10.3. The van der Waals surface area contributed by atoms with Crippen molar-refractivity contribution in [2.24, 2.45) is 0 Å². The molecule has 0 aromatic carbocycles. The standard InChI is InChI=1S/C12H16N6O2/c1-2-6-17(5-1)11-9(13-19-15-11)10-12(16-20-14-10)18-7-3-4-8-18/h1-8H2. The predicted molar refractivity (Wildman–Crippen MR) is 70.5 cm³/mol. The van der Waals surface area contributed by atoms with Crippen LogP contribution < -0.4 is 9.80 Å². The lowest BCUT2D eigenvalue weighted by molar-refractivity contribution is 0.303. The van der Waals surface area contributed by atoms with Gasteiger partial charge in [0.15, 0.2) is 11.4 Å². The van der Waals surface area contributed by atoms with Crippen LogP contribution >= 0.6 is 0 Å². The van der Waals surface area contributed by atoms with Gasteiger partial charge in [-0.2, -0.15) is 0 Å². The molecule has 8 heteroatoms. The molecule has 4 rings (SSSR count). The molecule has 0 amide bonds. The van der Waals surface area contributed by atoms with Crippen molar-refractivity contribution in [2.45, 2.75) is 25.7 Å². The van der Waals surface area contributed by atoms with Crippen LogP contribution in [0.15, 0.2) is 9.26 Å². The van der Waals surface area contributed by atoms with Crippen LogP contribution in [-0.2, 0) is 0 Å². The van der Waals surface area contributed by atoms with Gasteiger partial charge in [0.25, 0.3) is 0 Å². The lowest BCUT2D eigenvalue weighted by Gasteiger charge is -2.15. The summed E-state index contributed by atoms with van der Waals surface area (Å²) in [4.78, 5) is 4.35. The minimum absolute atomic E-state index is 0.634. The summed E-state index contributed by atoms with van der Waals surface area (Å²) in [6.07, 6.45) is 4.68.